The van der Waals surface area contributed by atoms with Crippen LogP contribution >= 0.6 is 0 Å². The van der Waals surface area contributed by atoms with Gasteiger partial charge in [0.25, 0.3) is 6.01 Å². The van der Waals surface area contributed by atoms with Gasteiger partial charge >= 0.3 is 0 Å². The summed E-state index contributed by atoms with van der Waals surface area (Å²) in [5.41, 5.74) is 1.94. The number of anilines is 1. The molecule has 1 aromatic carbocycles. The van der Waals surface area contributed by atoms with E-state index >= 15 is 0 Å². The zero-order chi connectivity index (χ0) is 18.0. The number of aromatic nitrogens is 1. The van der Waals surface area contributed by atoms with Crippen molar-refractivity contribution >= 4 is 23.0 Å². The molecule has 2 N–H and O–H groups in total. The van der Waals surface area contributed by atoms with Crippen LogP contribution in [0.1, 0.15) is 32.6 Å². The zero-order valence-corrected chi connectivity index (χ0v) is 15.5. The van der Waals surface area contributed by atoms with Gasteiger partial charge in [0.1, 0.15) is 5.52 Å². The number of carbonyl (C=O) groups excluding carboxylic acids is 1. The smallest absolute Gasteiger partial charge is 0.298 e. The molecule has 0 spiro atoms. The number of hydrogen-bond acceptors (Lipinski definition) is 5. The van der Waals surface area contributed by atoms with Crippen molar-refractivity contribution in [1.82, 2.24) is 15.6 Å². The molecule has 0 unspecified atom stereocenters. The van der Waals surface area contributed by atoms with Crippen LogP contribution in [0.5, 0.6) is 0 Å². The zero-order valence-electron chi connectivity index (χ0n) is 15.5. The van der Waals surface area contributed by atoms with Crippen molar-refractivity contribution in [3.63, 3.8) is 0 Å². The van der Waals surface area contributed by atoms with Crippen LogP contribution in [0.25, 0.3) is 11.1 Å². The molecule has 6 heteroatoms. The van der Waals surface area contributed by atoms with Gasteiger partial charge in [-0.15, -0.1) is 0 Å². The second-order valence-corrected chi connectivity index (χ2v) is 8.00. The third-order valence-electron chi connectivity index (χ3n) is 5.92. The maximum Gasteiger partial charge on any atom is 0.298 e. The Labute approximate surface area is 154 Å². The number of amides is 1. The quantitative estimate of drug-likeness (QED) is 0.881. The van der Waals surface area contributed by atoms with E-state index in [4.69, 9.17) is 4.42 Å². The third kappa shape index (κ3) is 3.70. The fourth-order valence-electron chi connectivity index (χ4n) is 3.98. The Kier molecular flexibility index (Phi) is 4.85. The van der Waals surface area contributed by atoms with Gasteiger partial charge in [-0.2, -0.15) is 4.98 Å². The average molecular weight is 356 g/mol. The maximum atomic E-state index is 12.6. The molecule has 4 rings (SSSR count). The topological polar surface area (TPSA) is 70.4 Å². The molecule has 0 aliphatic carbocycles. The standard InChI is InChI=1S/C20H28N4O2/c1-20(8-10-21-11-9-20)14-22-18(25)15-6-12-24(13-7-15)19-23-16-4-2-3-5-17(16)26-19/h2-5,15,21H,6-14H2,1H3,(H,22,25). The molecule has 140 valence electrons. The van der Waals surface area contributed by atoms with Gasteiger partial charge in [-0.1, -0.05) is 19.1 Å². The molecule has 1 amide bonds. The van der Waals surface area contributed by atoms with E-state index in [1.807, 2.05) is 24.3 Å². The highest BCUT2D eigenvalue weighted by Crippen LogP contribution is 2.28. The molecule has 6 nitrogen and oxygen atoms in total. The summed E-state index contributed by atoms with van der Waals surface area (Å²) in [6, 6.07) is 8.49. The van der Waals surface area contributed by atoms with Crippen molar-refractivity contribution in [2.45, 2.75) is 32.6 Å². The van der Waals surface area contributed by atoms with Crippen molar-refractivity contribution in [2.24, 2.45) is 11.3 Å². The average Bonchev–Trinajstić information content (AvgIpc) is 3.11. The molecule has 3 heterocycles. The molecule has 0 saturated carbocycles. The first-order chi connectivity index (χ1) is 12.6. The molecule has 2 saturated heterocycles. The van der Waals surface area contributed by atoms with E-state index in [2.05, 4.69) is 27.4 Å². The van der Waals surface area contributed by atoms with Gasteiger partial charge in [0.15, 0.2) is 5.58 Å². The van der Waals surface area contributed by atoms with Crippen molar-refractivity contribution in [2.75, 3.05) is 37.6 Å². The van der Waals surface area contributed by atoms with E-state index in [0.717, 1.165) is 69.5 Å². The minimum atomic E-state index is 0.0981. The summed E-state index contributed by atoms with van der Waals surface area (Å²) in [5.74, 6) is 0.308. The second kappa shape index (κ2) is 7.27. The molecule has 0 bridgehead atoms. The monoisotopic (exact) mass is 356 g/mol. The molecule has 0 atom stereocenters. The van der Waals surface area contributed by atoms with Crippen molar-refractivity contribution in [1.29, 1.82) is 0 Å². The summed E-state index contributed by atoms with van der Waals surface area (Å²) in [5, 5.41) is 6.60. The first-order valence-corrected chi connectivity index (χ1v) is 9.72. The Bertz CT molecular complexity index is 725. The van der Waals surface area contributed by atoms with Gasteiger partial charge in [0.2, 0.25) is 5.91 Å². The lowest BCUT2D eigenvalue weighted by atomic mass is 9.81. The highest BCUT2D eigenvalue weighted by molar-refractivity contribution is 5.79. The second-order valence-electron chi connectivity index (χ2n) is 8.00. The number of fused-ring (bicyclic) bond motifs is 1. The highest BCUT2D eigenvalue weighted by atomic mass is 16.4. The first kappa shape index (κ1) is 17.3. The largest absolute Gasteiger partial charge is 0.423 e. The van der Waals surface area contributed by atoms with E-state index in [1.165, 1.54) is 0 Å². The fourth-order valence-corrected chi connectivity index (χ4v) is 3.98. The predicted molar refractivity (Wildman–Crippen MR) is 102 cm³/mol. The summed E-state index contributed by atoms with van der Waals surface area (Å²) in [6.07, 6.45) is 3.96. The fraction of sp³-hybridized carbons (Fsp3) is 0.600. The van der Waals surface area contributed by atoms with Gasteiger partial charge in [-0.3, -0.25) is 4.79 Å². The summed E-state index contributed by atoms with van der Waals surface area (Å²) < 4.78 is 5.85. The number of hydrogen-bond donors (Lipinski definition) is 2. The number of carbonyl (C=O) groups is 1. The minimum Gasteiger partial charge on any atom is -0.423 e. The van der Waals surface area contributed by atoms with Crippen LogP contribution in [0.4, 0.5) is 6.01 Å². The minimum absolute atomic E-state index is 0.0981. The molecule has 1 aromatic heterocycles. The highest BCUT2D eigenvalue weighted by Gasteiger charge is 2.30. The molecule has 2 fully saturated rings. The number of nitrogens with zero attached hydrogens (tertiary/aromatic N) is 2. The van der Waals surface area contributed by atoms with Crippen LogP contribution in [-0.4, -0.2) is 43.6 Å². The van der Waals surface area contributed by atoms with Gasteiger partial charge in [0.05, 0.1) is 0 Å². The van der Waals surface area contributed by atoms with E-state index in [-0.39, 0.29) is 17.2 Å². The molecule has 26 heavy (non-hydrogen) atoms. The SMILES string of the molecule is CC1(CNC(=O)C2CCN(c3nc4ccccc4o3)CC2)CCNCC1. The molecule has 2 aromatic rings. The van der Waals surface area contributed by atoms with Crippen LogP contribution in [-0.2, 0) is 4.79 Å². The number of benzene rings is 1. The lowest BCUT2D eigenvalue weighted by Crippen LogP contribution is -2.46. The molecule has 2 aliphatic heterocycles. The Hall–Kier alpha value is -2.08. The molecular weight excluding hydrogens is 328 g/mol. The summed E-state index contributed by atoms with van der Waals surface area (Å²) in [4.78, 5) is 19.3. The first-order valence-electron chi connectivity index (χ1n) is 9.72. The Morgan fingerprint density at radius 3 is 2.77 bits per heavy atom. The lowest BCUT2D eigenvalue weighted by molar-refractivity contribution is -0.126. The summed E-state index contributed by atoms with van der Waals surface area (Å²) >= 11 is 0. The number of para-hydroxylation sites is 2. The van der Waals surface area contributed by atoms with Gasteiger partial charge in [-0.25, -0.2) is 0 Å². The Morgan fingerprint density at radius 1 is 1.31 bits per heavy atom. The summed E-state index contributed by atoms with van der Waals surface area (Å²) in [6.45, 7) is 6.80. The number of piperidine rings is 2. The van der Waals surface area contributed by atoms with Crippen molar-refractivity contribution in [3.8, 4) is 0 Å². The predicted octanol–water partition coefficient (Wildman–Crippen LogP) is 2.55. The van der Waals surface area contributed by atoms with Crippen LogP contribution in [0.15, 0.2) is 28.7 Å². The Morgan fingerprint density at radius 2 is 2.04 bits per heavy atom. The van der Waals surface area contributed by atoms with Crippen molar-refractivity contribution < 1.29 is 9.21 Å². The lowest BCUT2D eigenvalue weighted by Gasteiger charge is -2.35. The van der Waals surface area contributed by atoms with Crippen LogP contribution in [0.2, 0.25) is 0 Å². The van der Waals surface area contributed by atoms with E-state index in [9.17, 15) is 4.79 Å². The van der Waals surface area contributed by atoms with Crippen LogP contribution < -0.4 is 15.5 Å². The third-order valence-corrected chi connectivity index (χ3v) is 5.92. The number of rotatable bonds is 4. The number of oxazole rings is 1. The Balaban J connectivity index is 1.29. The normalized spacial score (nSPS) is 21.0. The van der Waals surface area contributed by atoms with Gasteiger partial charge < -0.3 is 20.0 Å². The van der Waals surface area contributed by atoms with Gasteiger partial charge in [-0.05, 0) is 56.3 Å². The molecule has 2 aliphatic rings. The van der Waals surface area contributed by atoms with Crippen LogP contribution in [0, 0.1) is 11.3 Å². The van der Waals surface area contributed by atoms with Crippen LogP contribution in [0.3, 0.4) is 0 Å². The van der Waals surface area contributed by atoms with E-state index < -0.39 is 0 Å². The van der Waals surface area contributed by atoms with E-state index in [0.29, 0.717) is 6.01 Å². The van der Waals surface area contributed by atoms with Crippen molar-refractivity contribution in [3.05, 3.63) is 24.3 Å². The molecule has 0 radical (unpaired) electrons. The van der Waals surface area contributed by atoms with Gasteiger partial charge in [0, 0.05) is 25.6 Å². The maximum absolute atomic E-state index is 12.6. The number of nitrogens with one attached hydrogen (secondary N) is 2. The molecular formula is C20H28N4O2. The summed E-state index contributed by atoms with van der Waals surface area (Å²) in [7, 11) is 0. The van der Waals surface area contributed by atoms with E-state index in [1.54, 1.807) is 0 Å².